The molecule has 0 saturated heterocycles. The van der Waals surface area contributed by atoms with E-state index in [-0.39, 0.29) is 0 Å². The molecule has 0 aromatic heterocycles. The molecule has 2 nitrogen and oxygen atoms in total. The van der Waals surface area contributed by atoms with Crippen molar-refractivity contribution in [3.8, 4) is 0 Å². The highest BCUT2D eigenvalue weighted by molar-refractivity contribution is 5.68. The maximum atomic E-state index is 5.42. The number of nitrogens with one attached hydrogen (secondary N) is 1. The third kappa shape index (κ3) is 1.71. The Labute approximate surface area is 89.9 Å². The molecule has 0 atom stereocenters. The van der Waals surface area contributed by atoms with E-state index in [1.807, 2.05) is 0 Å². The molecule has 2 aliphatic heterocycles. The number of ether oxygens (including phenoxy) is 1. The lowest BCUT2D eigenvalue weighted by atomic mass is 9.98. The molecule has 0 spiro atoms. The zero-order chi connectivity index (χ0) is 10.1. The number of hydrogen-bond donors (Lipinski definition) is 1. The Morgan fingerprint density at radius 3 is 2.93 bits per heavy atom. The lowest BCUT2D eigenvalue weighted by Crippen LogP contribution is -2.21. The van der Waals surface area contributed by atoms with Gasteiger partial charge in [0, 0.05) is 6.54 Å². The summed E-state index contributed by atoms with van der Waals surface area (Å²) in [6.07, 6.45) is 3.48. The summed E-state index contributed by atoms with van der Waals surface area (Å²) >= 11 is 0. The van der Waals surface area contributed by atoms with Crippen LogP contribution in [0.5, 0.6) is 0 Å². The van der Waals surface area contributed by atoms with Crippen LogP contribution < -0.4 is 5.32 Å². The van der Waals surface area contributed by atoms with E-state index in [4.69, 9.17) is 4.74 Å². The highest BCUT2D eigenvalue weighted by Gasteiger charge is 2.13. The summed E-state index contributed by atoms with van der Waals surface area (Å²) in [5, 5.41) is 3.40. The first-order chi connectivity index (χ1) is 7.43. The van der Waals surface area contributed by atoms with Gasteiger partial charge in [0.2, 0.25) is 0 Å². The van der Waals surface area contributed by atoms with Gasteiger partial charge in [-0.25, -0.2) is 0 Å². The minimum absolute atomic E-state index is 0.782. The molecule has 0 saturated carbocycles. The second-order valence-electron chi connectivity index (χ2n) is 4.17. The van der Waals surface area contributed by atoms with Crippen LogP contribution in [0.4, 0.5) is 0 Å². The van der Waals surface area contributed by atoms with E-state index < -0.39 is 0 Å². The normalized spacial score (nSPS) is 19.9. The number of fused-ring (bicyclic) bond motifs is 1. The van der Waals surface area contributed by atoms with Gasteiger partial charge < -0.3 is 10.1 Å². The predicted molar refractivity (Wildman–Crippen MR) is 60.4 cm³/mol. The number of rotatable bonds is 1. The maximum Gasteiger partial charge on any atom is 0.0725 e. The largest absolute Gasteiger partial charge is 0.372 e. The molecule has 0 fully saturated rings. The molecule has 1 aromatic carbocycles. The smallest absolute Gasteiger partial charge is 0.0725 e. The monoisotopic (exact) mass is 201 g/mol. The van der Waals surface area contributed by atoms with Crippen molar-refractivity contribution in [3.05, 3.63) is 41.0 Å². The molecule has 2 aliphatic rings. The van der Waals surface area contributed by atoms with Crippen molar-refractivity contribution in [1.29, 1.82) is 0 Å². The van der Waals surface area contributed by atoms with Crippen LogP contribution in [0.1, 0.15) is 23.1 Å². The molecule has 0 unspecified atom stereocenters. The molecule has 2 heterocycles. The lowest BCUT2D eigenvalue weighted by Gasteiger charge is -2.15. The molecule has 1 aromatic rings. The highest BCUT2D eigenvalue weighted by atomic mass is 16.5. The summed E-state index contributed by atoms with van der Waals surface area (Å²) in [5.74, 6) is 0. The van der Waals surface area contributed by atoms with Crippen LogP contribution in [0.2, 0.25) is 0 Å². The molecule has 0 bridgehead atoms. The van der Waals surface area contributed by atoms with E-state index in [1.165, 1.54) is 22.3 Å². The Kier molecular flexibility index (Phi) is 2.31. The quantitative estimate of drug-likeness (QED) is 0.751. The fourth-order valence-electron chi connectivity index (χ4n) is 2.24. The summed E-state index contributed by atoms with van der Waals surface area (Å²) in [7, 11) is 0. The van der Waals surface area contributed by atoms with Crippen LogP contribution in [-0.4, -0.2) is 13.1 Å². The Bertz CT molecular complexity index is 409. The number of hydrogen-bond acceptors (Lipinski definition) is 2. The van der Waals surface area contributed by atoms with Crippen molar-refractivity contribution in [1.82, 2.24) is 5.32 Å². The van der Waals surface area contributed by atoms with E-state index >= 15 is 0 Å². The Hall–Kier alpha value is -1.12. The van der Waals surface area contributed by atoms with E-state index in [1.54, 1.807) is 0 Å². The van der Waals surface area contributed by atoms with Crippen molar-refractivity contribution in [2.24, 2.45) is 0 Å². The summed E-state index contributed by atoms with van der Waals surface area (Å²) < 4.78 is 5.42. The molecule has 78 valence electrons. The molecule has 0 aliphatic carbocycles. The zero-order valence-electron chi connectivity index (χ0n) is 8.75. The van der Waals surface area contributed by atoms with Gasteiger partial charge in [-0.2, -0.15) is 0 Å². The Morgan fingerprint density at radius 2 is 2.07 bits per heavy atom. The van der Waals surface area contributed by atoms with Gasteiger partial charge in [0.05, 0.1) is 13.2 Å². The second kappa shape index (κ2) is 3.80. The van der Waals surface area contributed by atoms with Gasteiger partial charge in [0.25, 0.3) is 0 Å². The van der Waals surface area contributed by atoms with Gasteiger partial charge in [-0.05, 0) is 41.3 Å². The minimum atomic E-state index is 0.782. The number of benzene rings is 1. The zero-order valence-corrected chi connectivity index (χ0v) is 8.75. The van der Waals surface area contributed by atoms with E-state index in [2.05, 4.69) is 29.6 Å². The molecular formula is C13H15NO. The predicted octanol–water partition coefficient (Wildman–Crippen LogP) is 2.09. The van der Waals surface area contributed by atoms with E-state index in [0.29, 0.717) is 0 Å². The maximum absolute atomic E-state index is 5.42. The van der Waals surface area contributed by atoms with Crippen LogP contribution in [0.15, 0.2) is 24.3 Å². The SMILES string of the molecule is C1=C(c2ccc3c(c2)COC3)CNCC1. The van der Waals surface area contributed by atoms with Gasteiger partial charge in [0.15, 0.2) is 0 Å². The molecule has 2 heteroatoms. The molecule has 0 amide bonds. The molecule has 1 N–H and O–H groups in total. The first-order valence-corrected chi connectivity index (χ1v) is 5.53. The van der Waals surface area contributed by atoms with Crippen LogP contribution >= 0.6 is 0 Å². The molecular weight excluding hydrogens is 186 g/mol. The van der Waals surface area contributed by atoms with Crippen molar-refractivity contribution < 1.29 is 4.74 Å². The fourth-order valence-corrected chi connectivity index (χ4v) is 2.24. The summed E-state index contributed by atoms with van der Waals surface area (Å²) in [6, 6.07) is 6.70. The van der Waals surface area contributed by atoms with Crippen LogP contribution in [-0.2, 0) is 18.0 Å². The average molecular weight is 201 g/mol. The van der Waals surface area contributed by atoms with E-state index in [9.17, 15) is 0 Å². The standard InChI is InChI=1S/C13H15NO/c1-2-11(7-14-5-1)10-3-4-12-8-15-9-13(12)6-10/h2-4,6,14H,1,5,7-9H2. The van der Waals surface area contributed by atoms with Gasteiger partial charge in [-0.1, -0.05) is 18.2 Å². The lowest BCUT2D eigenvalue weighted by molar-refractivity contribution is 0.134. The molecule has 3 rings (SSSR count). The van der Waals surface area contributed by atoms with Crippen molar-refractivity contribution in [2.75, 3.05) is 13.1 Å². The van der Waals surface area contributed by atoms with Crippen molar-refractivity contribution in [2.45, 2.75) is 19.6 Å². The molecule has 0 radical (unpaired) electrons. The van der Waals surface area contributed by atoms with Gasteiger partial charge in [0.1, 0.15) is 0 Å². The van der Waals surface area contributed by atoms with Gasteiger partial charge in [-0.15, -0.1) is 0 Å². The highest BCUT2D eigenvalue weighted by Crippen LogP contribution is 2.25. The summed E-state index contributed by atoms with van der Waals surface area (Å²) in [6.45, 7) is 3.67. The third-order valence-electron chi connectivity index (χ3n) is 3.12. The first kappa shape index (κ1) is 9.13. The van der Waals surface area contributed by atoms with Crippen molar-refractivity contribution >= 4 is 5.57 Å². The fraction of sp³-hybridized carbons (Fsp3) is 0.385. The summed E-state index contributed by atoms with van der Waals surface area (Å²) in [5.41, 5.74) is 5.49. The summed E-state index contributed by atoms with van der Waals surface area (Å²) in [4.78, 5) is 0. The topological polar surface area (TPSA) is 21.3 Å². The van der Waals surface area contributed by atoms with Crippen LogP contribution in [0.25, 0.3) is 5.57 Å². The Balaban J connectivity index is 1.95. The van der Waals surface area contributed by atoms with Gasteiger partial charge >= 0.3 is 0 Å². The first-order valence-electron chi connectivity index (χ1n) is 5.53. The van der Waals surface area contributed by atoms with Crippen molar-refractivity contribution in [3.63, 3.8) is 0 Å². The minimum Gasteiger partial charge on any atom is -0.372 e. The van der Waals surface area contributed by atoms with Gasteiger partial charge in [-0.3, -0.25) is 0 Å². The van der Waals surface area contributed by atoms with Crippen LogP contribution in [0.3, 0.4) is 0 Å². The van der Waals surface area contributed by atoms with E-state index in [0.717, 1.165) is 32.7 Å². The Morgan fingerprint density at radius 1 is 1.13 bits per heavy atom. The average Bonchev–Trinajstić information content (AvgIpc) is 2.77. The third-order valence-corrected chi connectivity index (χ3v) is 3.12. The second-order valence-corrected chi connectivity index (χ2v) is 4.17. The van der Waals surface area contributed by atoms with Crippen LogP contribution in [0, 0.1) is 0 Å². The molecule has 15 heavy (non-hydrogen) atoms.